The number of amides is 1. The number of hydrogen-bond acceptors (Lipinski definition) is 3. The summed E-state index contributed by atoms with van der Waals surface area (Å²) in [5, 5.41) is 5.92. The van der Waals surface area contributed by atoms with Crippen molar-refractivity contribution >= 4 is 5.91 Å². The number of hydrogen-bond donors (Lipinski definition) is 2. The molecule has 0 radical (unpaired) electrons. The lowest BCUT2D eigenvalue weighted by Gasteiger charge is -2.03. The lowest BCUT2D eigenvalue weighted by molar-refractivity contribution is 0.0924. The molecule has 0 saturated heterocycles. The molecule has 1 heterocycles. The molecule has 15 heavy (non-hydrogen) atoms. The second-order valence-electron chi connectivity index (χ2n) is 3.48. The van der Waals surface area contributed by atoms with Crippen LogP contribution in [-0.4, -0.2) is 25.5 Å². The maximum atomic E-state index is 11.6. The van der Waals surface area contributed by atoms with Gasteiger partial charge in [0.15, 0.2) is 5.76 Å². The highest BCUT2D eigenvalue weighted by Crippen LogP contribution is 2.12. The third-order valence-corrected chi connectivity index (χ3v) is 2.08. The van der Waals surface area contributed by atoms with Crippen LogP contribution in [0.25, 0.3) is 0 Å². The molecular weight excluding hydrogens is 192 g/mol. The Kier molecular flexibility index (Phi) is 4.37. The van der Waals surface area contributed by atoms with Crippen LogP contribution in [0.1, 0.15) is 28.8 Å². The van der Waals surface area contributed by atoms with Gasteiger partial charge >= 0.3 is 0 Å². The number of carbonyl (C=O) groups excluding carboxylic acids is 1. The van der Waals surface area contributed by atoms with E-state index in [0.717, 1.165) is 24.4 Å². The summed E-state index contributed by atoms with van der Waals surface area (Å²) in [6.07, 6.45) is 0. The zero-order valence-electron chi connectivity index (χ0n) is 9.52. The van der Waals surface area contributed by atoms with E-state index in [-0.39, 0.29) is 5.91 Å². The van der Waals surface area contributed by atoms with Crippen LogP contribution in [0.3, 0.4) is 0 Å². The second kappa shape index (κ2) is 5.56. The minimum Gasteiger partial charge on any atom is -0.456 e. The van der Waals surface area contributed by atoms with E-state index in [1.807, 2.05) is 26.8 Å². The molecule has 0 aliphatic heterocycles. The average molecular weight is 210 g/mol. The van der Waals surface area contributed by atoms with Crippen LogP contribution in [0.2, 0.25) is 0 Å². The van der Waals surface area contributed by atoms with Gasteiger partial charge in [-0.2, -0.15) is 0 Å². The predicted molar refractivity (Wildman–Crippen MR) is 59.1 cm³/mol. The predicted octanol–water partition coefficient (Wildman–Crippen LogP) is 1.24. The Morgan fingerprint density at radius 3 is 2.67 bits per heavy atom. The van der Waals surface area contributed by atoms with Crippen molar-refractivity contribution in [1.29, 1.82) is 0 Å². The van der Waals surface area contributed by atoms with Crippen LogP contribution >= 0.6 is 0 Å². The van der Waals surface area contributed by atoms with E-state index in [1.54, 1.807) is 0 Å². The first-order chi connectivity index (χ1) is 7.15. The smallest absolute Gasteiger partial charge is 0.287 e. The topological polar surface area (TPSA) is 54.3 Å². The maximum absolute atomic E-state index is 11.6. The standard InChI is InChI=1S/C11H18N2O2/c1-4-12-5-6-13-11(14)10-8(2)7-9(3)15-10/h7,12H,4-6H2,1-3H3,(H,13,14). The Bertz CT molecular complexity index is 331. The van der Waals surface area contributed by atoms with Crippen molar-refractivity contribution in [2.75, 3.05) is 19.6 Å². The first kappa shape index (κ1) is 11.8. The number of carbonyl (C=O) groups is 1. The van der Waals surface area contributed by atoms with E-state index in [2.05, 4.69) is 10.6 Å². The molecule has 0 unspecified atom stereocenters. The SMILES string of the molecule is CCNCCNC(=O)c1oc(C)cc1C. The monoisotopic (exact) mass is 210 g/mol. The van der Waals surface area contributed by atoms with Crippen molar-refractivity contribution in [3.05, 3.63) is 23.2 Å². The van der Waals surface area contributed by atoms with Gasteiger partial charge in [0.2, 0.25) is 0 Å². The molecule has 0 saturated carbocycles. The van der Waals surface area contributed by atoms with Gasteiger partial charge in [0, 0.05) is 18.7 Å². The van der Waals surface area contributed by atoms with Gasteiger partial charge in [-0.1, -0.05) is 6.92 Å². The number of likely N-dealkylation sites (N-methyl/N-ethyl adjacent to an activating group) is 1. The van der Waals surface area contributed by atoms with E-state index in [0.29, 0.717) is 12.3 Å². The highest BCUT2D eigenvalue weighted by molar-refractivity contribution is 5.92. The van der Waals surface area contributed by atoms with Gasteiger partial charge < -0.3 is 15.1 Å². The quantitative estimate of drug-likeness (QED) is 0.719. The Hall–Kier alpha value is -1.29. The van der Waals surface area contributed by atoms with Crippen molar-refractivity contribution in [2.45, 2.75) is 20.8 Å². The van der Waals surface area contributed by atoms with Crippen LogP contribution in [-0.2, 0) is 0 Å². The van der Waals surface area contributed by atoms with Gasteiger partial charge in [0.1, 0.15) is 5.76 Å². The molecule has 0 bridgehead atoms. The second-order valence-corrected chi connectivity index (χ2v) is 3.48. The van der Waals surface area contributed by atoms with Crippen LogP contribution in [0.15, 0.2) is 10.5 Å². The Labute approximate surface area is 90.0 Å². The van der Waals surface area contributed by atoms with Crippen molar-refractivity contribution in [1.82, 2.24) is 10.6 Å². The number of rotatable bonds is 5. The van der Waals surface area contributed by atoms with Crippen LogP contribution in [0.4, 0.5) is 0 Å². The maximum Gasteiger partial charge on any atom is 0.287 e. The highest BCUT2D eigenvalue weighted by Gasteiger charge is 2.13. The van der Waals surface area contributed by atoms with Gasteiger partial charge in [-0.15, -0.1) is 0 Å². The lowest BCUT2D eigenvalue weighted by atomic mass is 10.2. The summed E-state index contributed by atoms with van der Waals surface area (Å²) in [4.78, 5) is 11.6. The molecule has 0 aliphatic carbocycles. The van der Waals surface area contributed by atoms with Gasteiger partial charge in [-0.25, -0.2) is 0 Å². The molecular formula is C11H18N2O2. The Morgan fingerprint density at radius 2 is 2.13 bits per heavy atom. The molecule has 1 rings (SSSR count). The molecule has 0 fully saturated rings. The van der Waals surface area contributed by atoms with E-state index >= 15 is 0 Å². The number of furan rings is 1. The fourth-order valence-corrected chi connectivity index (χ4v) is 1.39. The molecule has 0 aliphatic rings. The summed E-state index contributed by atoms with van der Waals surface area (Å²) in [7, 11) is 0. The summed E-state index contributed by atoms with van der Waals surface area (Å²) in [5.41, 5.74) is 0.883. The molecule has 0 aromatic carbocycles. The number of aryl methyl sites for hydroxylation is 2. The molecule has 1 amide bonds. The molecule has 0 atom stereocenters. The zero-order chi connectivity index (χ0) is 11.3. The summed E-state index contributed by atoms with van der Waals surface area (Å²) in [6.45, 7) is 8.04. The van der Waals surface area contributed by atoms with E-state index in [1.165, 1.54) is 0 Å². The molecule has 1 aromatic heterocycles. The first-order valence-electron chi connectivity index (χ1n) is 5.21. The summed E-state index contributed by atoms with van der Waals surface area (Å²) in [6, 6.07) is 1.86. The van der Waals surface area contributed by atoms with Crippen molar-refractivity contribution < 1.29 is 9.21 Å². The third kappa shape index (κ3) is 3.40. The largest absolute Gasteiger partial charge is 0.456 e. The fourth-order valence-electron chi connectivity index (χ4n) is 1.39. The van der Waals surface area contributed by atoms with Crippen LogP contribution < -0.4 is 10.6 Å². The zero-order valence-corrected chi connectivity index (χ0v) is 9.52. The van der Waals surface area contributed by atoms with Crippen molar-refractivity contribution in [3.63, 3.8) is 0 Å². The first-order valence-corrected chi connectivity index (χ1v) is 5.21. The van der Waals surface area contributed by atoms with Crippen molar-refractivity contribution in [2.24, 2.45) is 0 Å². The summed E-state index contributed by atoms with van der Waals surface area (Å²) in [5.74, 6) is 1.05. The van der Waals surface area contributed by atoms with Gasteiger partial charge in [0.05, 0.1) is 0 Å². The van der Waals surface area contributed by atoms with Crippen molar-refractivity contribution in [3.8, 4) is 0 Å². The number of nitrogens with one attached hydrogen (secondary N) is 2. The highest BCUT2D eigenvalue weighted by atomic mass is 16.3. The Balaban J connectivity index is 2.43. The Morgan fingerprint density at radius 1 is 1.40 bits per heavy atom. The molecule has 84 valence electrons. The molecule has 4 nitrogen and oxygen atoms in total. The normalized spacial score (nSPS) is 10.3. The van der Waals surface area contributed by atoms with Crippen LogP contribution in [0.5, 0.6) is 0 Å². The van der Waals surface area contributed by atoms with Crippen LogP contribution in [0, 0.1) is 13.8 Å². The van der Waals surface area contributed by atoms with E-state index in [4.69, 9.17) is 4.42 Å². The minimum atomic E-state index is -0.140. The molecule has 4 heteroatoms. The van der Waals surface area contributed by atoms with Gasteiger partial charge in [-0.3, -0.25) is 4.79 Å². The van der Waals surface area contributed by atoms with Gasteiger partial charge in [-0.05, 0) is 26.5 Å². The average Bonchev–Trinajstić information content (AvgIpc) is 2.52. The minimum absolute atomic E-state index is 0.140. The summed E-state index contributed by atoms with van der Waals surface area (Å²) >= 11 is 0. The van der Waals surface area contributed by atoms with Gasteiger partial charge in [0.25, 0.3) is 5.91 Å². The lowest BCUT2D eigenvalue weighted by Crippen LogP contribution is -2.31. The summed E-state index contributed by atoms with van der Waals surface area (Å²) < 4.78 is 5.30. The molecule has 2 N–H and O–H groups in total. The fraction of sp³-hybridized carbons (Fsp3) is 0.545. The third-order valence-electron chi connectivity index (χ3n) is 2.08. The molecule has 1 aromatic rings. The van der Waals surface area contributed by atoms with E-state index < -0.39 is 0 Å². The van der Waals surface area contributed by atoms with E-state index in [9.17, 15) is 4.79 Å². The molecule has 0 spiro atoms.